The molecular weight excluding hydrogens is 640 g/mol. The number of aliphatic hydroxyl groups is 6. The van der Waals surface area contributed by atoms with Crippen molar-refractivity contribution >= 4 is 5.97 Å². The van der Waals surface area contributed by atoms with Gasteiger partial charge in [-0.25, -0.2) is 4.79 Å². The maximum atomic E-state index is 11.9. The van der Waals surface area contributed by atoms with Crippen LogP contribution in [-0.4, -0.2) is 124 Å². The number of hydrogen-bond donors (Lipinski definition) is 6. The van der Waals surface area contributed by atoms with Crippen molar-refractivity contribution < 1.29 is 63.9 Å². The fraction of sp³-hybridized carbons (Fsp3) is 0.750. The summed E-state index contributed by atoms with van der Waals surface area (Å²) in [5.41, 5.74) is 5.44. The van der Waals surface area contributed by atoms with Gasteiger partial charge in [-0.15, -0.1) is 0 Å². The summed E-state index contributed by atoms with van der Waals surface area (Å²) < 4.78 is 34.8. The summed E-state index contributed by atoms with van der Waals surface area (Å²) in [6.45, 7) is 5.73. The second-order valence-corrected chi connectivity index (χ2v) is 15.2. The van der Waals surface area contributed by atoms with Crippen LogP contribution in [0.15, 0.2) is 46.1 Å². The van der Waals surface area contributed by atoms with E-state index in [1.807, 2.05) is 6.08 Å². The standard InChI is InChI=1S/C36H50O13/c1-16-30(49-33-28(41)27(40)26(39)24(15-37)47-33)31(44-4)29(42)34(45-16)46-18-9-11-35(2)17(13-18)5-6-19-21-7-8-22(20-14-25(38)48-32(20)43)36(21,3)12-10-23(19)35/h7-8,14,16-18,24,26-34,37,39-43H,5-6,9-13,15H2,1-4H3/t16-,17-,18+,24-,26-,27+,28-,29-,30+,31-,32?,33+,34+,35+,36+/m1/s1. The van der Waals surface area contributed by atoms with Crippen molar-refractivity contribution in [2.24, 2.45) is 16.7 Å². The first kappa shape index (κ1) is 35.4. The van der Waals surface area contributed by atoms with E-state index in [9.17, 15) is 35.4 Å². The van der Waals surface area contributed by atoms with Crippen LogP contribution in [0.25, 0.3) is 0 Å². The van der Waals surface area contributed by atoms with Crippen LogP contribution in [0.4, 0.5) is 0 Å². The first-order valence-corrected chi connectivity index (χ1v) is 17.5. The number of allylic oxidation sites excluding steroid dienone is 5. The van der Waals surface area contributed by atoms with E-state index in [-0.39, 0.29) is 16.9 Å². The molecule has 3 heterocycles. The first-order valence-electron chi connectivity index (χ1n) is 17.5. The lowest BCUT2D eigenvalue weighted by atomic mass is 9.52. The maximum Gasteiger partial charge on any atom is 0.333 e. The lowest BCUT2D eigenvalue weighted by Crippen LogP contribution is -2.64. The number of ether oxygens (including phenoxy) is 6. The van der Waals surface area contributed by atoms with Crippen molar-refractivity contribution in [3.63, 3.8) is 0 Å². The smallest absolute Gasteiger partial charge is 0.333 e. The number of carbonyl (C=O) groups excluding carboxylic acids is 1. The zero-order valence-corrected chi connectivity index (χ0v) is 28.4. The minimum atomic E-state index is -1.60. The molecule has 0 spiro atoms. The Labute approximate surface area is 285 Å². The highest BCUT2D eigenvalue weighted by atomic mass is 16.7. The molecule has 0 aromatic heterocycles. The molecule has 3 fully saturated rings. The summed E-state index contributed by atoms with van der Waals surface area (Å²) in [7, 11) is 1.43. The molecule has 3 aliphatic heterocycles. The van der Waals surface area contributed by atoms with E-state index >= 15 is 0 Å². The van der Waals surface area contributed by atoms with Gasteiger partial charge in [-0.1, -0.05) is 31.6 Å². The summed E-state index contributed by atoms with van der Waals surface area (Å²) >= 11 is 0. The molecule has 0 aromatic rings. The lowest BCUT2D eigenvalue weighted by Gasteiger charge is -2.54. The quantitative estimate of drug-likeness (QED) is 0.208. The molecule has 13 heteroatoms. The third-order valence-corrected chi connectivity index (χ3v) is 12.6. The van der Waals surface area contributed by atoms with E-state index in [1.54, 1.807) is 6.92 Å². The van der Waals surface area contributed by atoms with Crippen molar-refractivity contribution in [1.82, 2.24) is 0 Å². The minimum absolute atomic E-state index is 0.00230. The third kappa shape index (κ3) is 5.79. The molecule has 1 unspecified atom stereocenters. The van der Waals surface area contributed by atoms with Crippen LogP contribution in [-0.2, 0) is 33.2 Å². The highest BCUT2D eigenvalue weighted by Crippen LogP contribution is 2.63. The predicted molar refractivity (Wildman–Crippen MR) is 170 cm³/mol. The molecular formula is C36H50O13. The molecule has 13 nitrogen and oxygen atoms in total. The van der Waals surface area contributed by atoms with Crippen molar-refractivity contribution in [3.8, 4) is 0 Å². The fourth-order valence-electron chi connectivity index (χ4n) is 9.74. The molecule has 4 aliphatic carbocycles. The Kier molecular flexibility index (Phi) is 9.53. The summed E-state index contributed by atoms with van der Waals surface area (Å²) in [5, 5.41) is 62.2. The van der Waals surface area contributed by atoms with E-state index in [2.05, 4.69) is 19.9 Å². The molecule has 49 heavy (non-hydrogen) atoms. The number of aliphatic hydroxyl groups excluding tert-OH is 6. The lowest BCUT2D eigenvalue weighted by molar-refractivity contribution is -0.361. The van der Waals surface area contributed by atoms with Crippen LogP contribution in [0, 0.1) is 16.7 Å². The van der Waals surface area contributed by atoms with Crippen molar-refractivity contribution in [2.45, 2.75) is 140 Å². The maximum absolute atomic E-state index is 11.9. The monoisotopic (exact) mass is 690 g/mol. The predicted octanol–water partition coefficient (Wildman–Crippen LogP) is 1.04. The summed E-state index contributed by atoms with van der Waals surface area (Å²) in [6.07, 6.45) is -1.46. The SMILES string of the molecule is CO[C@@H]1[C@@H](O)[C@H](O[C@H]2CC[C@]3(C)C4=C(CC[C@@H]3C2)C2=CC=C(C3=CC(=O)OC3O)[C@@]2(C)CC4)O[C@H](C)[C@@H]1O[C@@H]1O[C@H](CO)[C@@H](O)[C@H](O)[C@H]1O. The van der Waals surface area contributed by atoms with E-state index in [4.69, 9.17) is 28.4 Å². The van der Waals surface area contributed by atoms with Crippen LogP contribution >= 0.6 is 0 Å². The number of fused-ring (bicyclic) bond motifs is 4. The second-order valence-electron chi connectivity index (χ2n) is 15.2. The van der Waals surface area contributed by atoms with Crippen molar-refractivity contribution in [3.05, 3.63) is 46.1 Å². The molecule has 0 amide bonds. The van der Waals surface area contributed by atoms with Gasteiger partial charge < -0.3 is 59.1 Å². The topological polar surface area (TPSA) is 194 Å². The van der Waals surface area contributed by atoms with Crippen molar-refractivity contribution in [1.29, 1.82) is 0 Å². The molecule has 0 aromatic carbocycles. The summed E-state index contributed by atoms with van der Waals surface area (Å²) in [6, 6.07) is 0. The highest BCUT2D eigenvalue weighted by Gasteiger charge is 2.54. The number of methoxy groups -OCH3 is 1. The molecule has 7 rings (SSSR count). The number of rotatable bonds is 7. The molecule has 0 radical (unpaired) electrons. The Morgan fingerprint density at radius 3 is 2.31 bits per heavy atom. The van der Waals surface area contributed by atoms with Crippen LogP contribution in [0.1, 0.15) is 65.7 Å². The zero-order chi connectivity index (χ0) is 35.0. The zero-order valence-electron chi connectivity index (χ0n) is 28.4. The number of hydrogen-bond acceptors (Lipinski definition) is 13. The van der Waals surface area contributed by atoms with Crippen LogP contribution < -0.4 is 0 Å². The van der Waals surface area contributed by atoms with Gasteiger partial charge in [-0.3, -0.25) is 0 Å². The number of esters is 1. The number of carbonyl (C=O) groups is 1. The van der Waals surface area contributed by atoms with E-state index in [0.29, 0.717) is 11.5 Å². The van der Waals surface area contributed by atoms with Gasteiger partial charge in [0.25, 0.3) is 0 Å². The molecule has 7 aliphatic rings. The van der Waals surface area contributed by atoms with Gasteiger partial charge in [0.05, 0.1) is 18.8 Å². The first-order chi connectivity index (χ1) is 23.3. The Balaban J connectivity index is 1.01. The van der Waals surface area contributed by atoms with Gasteiger partial charge in [0.1, 0.15) is 42.7 Å². The Bertz CT molecular complexity index is 1440. The summed E-state index contributed by atoms with van der Waals surface area (Å²) in [5.74, 6) is -0.129. The van der Waals surface area contributed by atoms with Gasteiger partial charge in [-0.2, -0.15) is 0 Å². The normalized spacial score (nSPS) is 48.2. The molecule has 15 atom stereocenters. The van der Waals surface area contributed by atoms with E-state index in [0.717, 1.165) is 50.5 Å². The van der Waals surface area contributed by atoms with E-state index in [1.165, 1.54) is 29.9 Å². The van der Waals surface area contributed by atoms with Crippen LogP contribution in [0.2, 0.25) is 0 Å². The second kappa shape index (κ2) is 13.2. The molecule has 6 N–H and O–H groups in total. The van der Waals surface area contributed by atoms with Gasteiger partial charge in [0.2, 0.25) is 6.29 Å². The molecule has 272 valence electrons. The molecule has 2 saturated heterocycles. The molecule has 1 saturated carbocycles. The van der Waals surface area contributed by atoms with Crippen LogP contribution in [0.3, 0.4) is 0 Å². The summed E-state index contributed by atoms with van der Waals surface area (Å²) in [4.78, 5) is 11.9. The Morgan fingerprint density at radius 2 is 1.61 bits per heavy atom. The Morgan fingerprint density at radius 1 is 0.878 bits per heavy atom. The molecule has 0 bridgehead atoms. The van der Waals surface area contributed by atoms with Gasteiger partial charge in [0, 0.05) is 24.2 Å². The largest absolute Gasteiger partial charge is 0.428 e. The third-order valence-electron chi connectivity index (χ3n) is 12.6. The van der Waals surface area contributed by atoms with Gasteiger partial charge in [0.15, 0.2) is 12.6 Å². The minimum Gasteiger partial charge on any atom is -0.428 e. The average molecular weight is 691 g/mol. The average Bonchev–Trinajstić information content (AvgIpc) is 3.60. The number of cyclic esters (lactones) is 1. The highest BCUT2D eigenvalue weighted by molar-refractivity contribution is 5.87. The van der Waals surface area contributed by atoms with E-state index < -0.39 is 80.3 Å². The van der Waals surface area contributed by atoms with Gasteiger partial charge in [-0.05, 0) is 79.9 Å². The Hall–Kier alpha value is -2.01. The van der Waals surface area contributed by atoms with Crippen LogP contribution in [0.5, 0.6) is 0 Å². The van der Waals surface area contributed by atoms with Crippen molar-refractivity contribution in [2.75, 3.05) is 13.7 Å². The van der Waals surface area contributed by atoms with Gasteiger partial charge >= 0.3 is 5.97 Å². The fourth-order valence-corrected chi connectivity index (χ4v) is 9.74.